The summed E-state index contributed by atoms with van der Waals surface area (Å²) in [5, 5.41) is 3.01. The number of nitrogens with zero attached hydrogens (tertiary/aromatic N) is 2. The average molecular weight is 263 g/mol. The molecular weight excluding hydrogens is 242 g/mol. The average Bonchev–Trinajstić information content (AvgIpc) is 2.40. The standard InChI is InChI=1S/C14H21N3O2/c1-17(9-12-4-2-6-15-8-12)10-14(18)16-13-5-3-7-19-11-13/h2,4,6,8,13H,3,5,7,9-11H2,1H3,(H,16,18). The maximum absolute atomic E-state index is 11.9. The fourth-order valence-corrected chi connectivity index (χ4v) is 2.23. The normalized spacial score (nSPS) is 19.4. The Morgan fingerprint density at radius 3 is 3.21 bits per heavy atom. The van der Waals surface area contributed by atoms with Crippen molar-refractivity contribution in [1.82, 2.24) is 15.2 Å². The number of hydrogen-bond donors (Lipinski definition) is 1. The lowest BCUT2D eigenvalue weighted by atomic mass is 10.1. The molecule has 1 aliphatic heterocycles. The lowest BCUT2D eigenvalue weighted by Gasteiger charge is -2.24. The van der Waals surface area contributed by atoms with Gasteiger partial charge < -0.3 is 10.1 Å². The van der Waals surface area contributed by atoms with Gasteiger partial charge in [0.05, 0.1) is 19.2 Å². The molecule has 1 atom stereocenters. The van der Waals surface area contributed by atoms with Crippen LogP contribution < -0.4 is 5.32 Å². The summed E-state index contributed by atoms with van der Waals surface area (Å²) in [4.78, 5) is 17.9. The molecule has 1 aromatic rings. The highest BCUT2D eigenvalue weighted by molar-refractivity contribution is 5.78. The molecule has 0 spiro atoms. The molecule has 1 aromatic heterocycles. The molecule has 5 heteroatoms. The number of carbonyl (C=O) groups excluding carboxylic acids is 1. The smallest absolute Gasteiger partial charge is 0.234 e. The number of carbonyl (C=O) groups is 1. The minimum atomic E-state index is 0.0573. The van der Waals surface area contributed by atoms with Gasteiger partial charge in [0.15, 0.2) is 0 Å². The lowest BCUT2D eigenvalue weighted by Crippen LogP contribution is -2.44. The molecular formula is C14H21N3O2. The van der Waals surface area contributed by atoms with E-state index in [-0.39, 0.29) is 11.9 Å². The highest BCUT2D eigenvalue weighted by Crippen LogP contribution is 2.06. The molecule has 1 fully saturated rings. The molecule has 19 heavy (non-hydrogen) atoms. The lowest BCUT2D eigenvalue weighted by molar-refractivity contribution is -0.123. The predicted octanol–water partition coefficient (Wildman–Crippen LogP) is 0.809. The van der Waals surface area contributed by atoms with Crippen molar-refractivity contribution >= 4 is 5.91 Å². The zero-order valence-corrected chi connectivity index (χ0v) is 11.3. The van der Waals surface area contributed by atoms with E-state index in [1.165, 1.54) is 0 Å². The van der Waals surface area contributed by atoms with Crippen LogP contribution in [0.1, 0.15) is 18.4 Å². The van der Waals surface area contributed by atoms with Gasteiger partial charge in [-0.1, -0.05) is 6.07 Å². The van der Waals surface area contributed by atoms with Crippen molar-refractivity contribution in [3.63, 3.8) is 0 Å². The Morgan fingerprint density at radius 1 is 1.63 bits per heavy atom. The van der Waals surface area contributed by atoms with Gasteiger partial charge >= 0.3 is 0 Å². The highest BCUT2D eigenvalue weighted by atomic mass is 16.5. The minimum Gasteiger partial charge on any atom is -0.379 e. The van der Waals surface area contributed by atoms with Crippen molar-refractivity contribution in [2.24, 2.45) is 0 Å². The first-order valence-electron chi connectivity index (χ1n) is 6.68. The van der Waals surface area contributed by atoms with Crippen LogP contribution in [0.25, 0.3) is 0 Å². The van der Waals surface area contributed by atoms with Crippen molar-refractivity contribution in [2.75, 3.05) is 26.8 Å². The number of likely N-dealkylation sites (N-methyl/N-ethyl adjacent to an activating group) is 1. The Morgan fingerprint density at radius 2 is 2.53 bits per heavy atom. The van der Waals surface area contributed by atoms with E-state index in [0.717, 1.165) is 31.6 Å². The molecule has 5 nitrogen and oxygen atoms in total. The Bertz CT molecular complexity index is 391. The summed E-state index contributed by atoms with van der Waals surface area (Å²) in [6.07, 6.45) is 5.61. The summed E-state index contributed by atoms with van der Waals surface area (Å²) >= 11 is 0. The minimum absolute atomic E-state index is 0.0573. The molecule has 2 rings (SSSR count). The van der Waals surface area contributed by atoms with Crippen LogP contribution in [0.15, 0.2) is 24.5 Å². The molecule has 1 aliphatic rings. The van der Waals surface area contributed by atoms with E-state index in [9.17, 15) is 4.79 Å². The first-order valence-corrected chi connectivity index (χ1v) is 6.68. The second kappa shape index (κ2) is 7.21. The molecule has 0 aliphatic carbocycles. The van der Waals surface area contributed by atoms with E-state index in [2.05, 4.69) is 10.3 Å². The first kappa shape index (κ1) is 14.0. The topological polar surface area (TPSA) is 54.5 Å². The van der Waals surface area contributed by atoms with Gasteiger partial charge in [0, 0.05) is 25.5 Å². The van der Waals surface area contributed by atoms with Crippen LogP contribution in [0.5, 0.6) is 0 Å². The van der Waals surface area contributed by atoms with Gasteiger partial charge in [0.2, 0.25) is 5.91 Å². The molecule has 1 amide bonds. The van der Waals surface area contributed by atoms with E-state index in [4.69, 9.17) is 4.74 Å². The van der Waals surface area contributed by atoms with E-state index >= 15 is 0 Å². The molecule has 1 unspecified atom stereocenters. The number of hydrogen-bond acceptors (Lipinski definition) is 4. The van der Waals surface area contributed by atoms with Crippen LogP contribution in [0.2, 0.25) is 0 Å². The third-order valence-electron chi connectivity index (χ3n) is 3.11. The Hall–Kier alpha value is -1.46. The number of amides is 1. The van der Waals surface area contributed by atoms with Gasteiger partial charge in [-0.25, -0.2) is 0 Å². The molecule has 1 saturated heterocycles. The Labute approximate surface area is 114 Å². The first-order chi connectivity index (χ1) is 9.24. The molecule has 0 aromatic carbocycles. The largest absolute Gasteiger partial charge is 0.379 e. The maximum Gasteiger partial charge on any atom is 0.234 e. The summed E-state index contributed by atoms with van der Waals surface area (Å²) in [5.74, 6) is 0.0573. The van der Waals surface area contributed by atoms with Crippen LogP contribution in [-0.4, -0.2) is 48.6 Å². The van der Waals surface area contributed by atoms with Crippen LogP contribution in [0.3, 0.4) is 0 Å². The molecule has 0 saturated carbocycles. The molecule has 1 N–H and O–H groups in total. The van der Waals surface area contributed by atoms with Crippen molar-refractivity contribution in [3.8, 4) is 0 Å². The van der Waals surface area contributed by atoms with Gasteiger partial charge in [0.1, 0.15) is 0 Å². The number of rotatable bonds is 5. The van der Waals surface area contributed by atoms with Gasteiger partial charge in [-0.3, -0.25) is 14.7 Å². The van der Waals surface area contributed by atoms with Gasteiger partial charge in [0.25, 0.3) is 0 Å². The monoisotopic (exact) mass is 263 g/mol. The van der Waals surface area contributed by atoms with Crippen LogP contribution in [0.4, 0.5) is 0 Å². The van der Waals surface area contributed by atoms with E-state index in [0.29, 0.717) is 13.2 Å². The Kier molecular flexibility index (Phi) is 5.30. The van der Waals surface area contributed by atoms with Crippen molar-refractivity contribution in [1.29, 1.82) is 0 Å². The summed E-state index contributed by atoms with van der Waals surface area (Å²) in [6, 6.07) is 4.09. The molecule has 104 valence electrons. The highest BCUT2D eigenvalue weighted by Gasteiger charge is 2.16. The van der Waals surface area contributed by atoms with E-state index in [1.54, 1.807) is 6.20 Å². The molecule has 2 heterocycles. The van der Waals surface area contributed by atoms with Crippen LogP contribution in [-0.2, 0) is 16.1 Å². The fraction of sp³-hybridized carbons (Fsp3) is 0.571. The van der Waals surface area contributed by atoms with Crippen molar-refractivity contribution in [2.45, 2.75) is 25.4 Å². The van der Waals surface area contributed by atoms with Crippen molar-refractivity contribution < 1.29 is 9.53 Å². The van der Waals surface area contributed by atoms with Gasteiger partial charge in [-0.2, -0.15) is 0 Å². The van der Waals surface area contributed by atoms with Crippen LogP contribution in [0, 0.1) is 0 Å². The zero-order valence-electron chi connectivity index (χ0n) is 11.3. The third kappa shape index (κ3) is 4.96. The molecule has 0 radical (unpaired) electrons. The predicted molar refractivity (Wildman–Crippen MR) is 72.6 cm³/mol. The quantitative estimate of drug-likeness (QED) is 0.854. The molecule has 0 bridgehead atoms. The summed E-state index contributed by atoms with van der Waals surface area (Å²) in [7, 11) is 1.93. The number of pyridine rings is 1. The fourth-order valence-electron chi connectivity index (χ4n) is 2.23. The second-order valence-corrected chi connectivity index (χ2v) is 5.02. The van der Waals surface area contributed by atoms with Crippen molar-refractivity contribution in [3.05, 3.63) is 30.1 Å². The summed E-state index contributed by atoms with van der Waals surface area (Å²) < 4.78 is 5.35. The number of ether oxygens (including phenoxy) is 1. The third-order valence-corrected chi connectivity index (χ3v) is 3.11. The number of aromatic nitrogens is 1. The number of nitrogens with one attached hydrogen (secondary N) is 1. The summed E-state index contributed by atoms with van der Waals surface area (Å²) in [6.45, 7) is 2.57. The SMILES string of the molecule is CN(CC(=O)NC1CCCOC1)Cc1cccnc1. The van der Waals surface area contributed by atoms with E-state index in [1.807, 2.05) is 30.3 Å². The second-order valence-electron chi connectivity index (χ2n) is 5.02. The maximum atomic E-state index is 11.9. The summed E-state index contributed by atoms with van der Waals surface area (Å²) in [5.41, 5.74) is 1.11. The van der Waals surface area contributed by atoms with Gasteiger partial charge in [-0.15, -0.1) is 0 Å². The Balaban J connectivity index is 1.72. The zero-order chi connectivity index (χ0) is 13.5. The van der Waals surface area contributed by atoms with Crippen LogP contribution >= 0.6 is 0 Å². The van der Waals surface area contributed by atoms with E-state index < -0.39 is 0 Å². The van der Waals surface area contributed by atoms with Gasteiger partial charge in [-0.05, 0) is 31.5 Å².